The summed E-state index contributed by atoms with van der Waals surface area (Å²) in [7, 11) is 2.98. The molecule has 1 aromatic carbocycles. The molecule has 0 saturated heterocycles. The Hall–Kier alpha value is -2.63. The van der Waals surface area contributed by atoms with Gasteiger partial charge in [-0.15, -0.1) is 0 Å². The lowest BCUT2D eigenvalue weighted by atomic mass is 9.62. The van der Waals surface area contributed by atoms with Crippen molar-refractivity contribution < 1.29 is 29.0 Å². The van der Waals surface area contributed by atoms with E-state index in [0.29, 0.717) is 23.5 Å². The molecule has 31 heavy (non-hydrogen) atoms. The Bertz CT molecular complexity index is 933. The number of rotatable bonds is 5. The molecule has 168 valence electrons. The fourth-order valence-corrected chi connectivity index (χ4v) is 5.09. The van der Waals surface area contributed by atoms with Crippen molar-refractivity contribution in [2.45, 2.75) is 59.3 Å². The third kappa shape index (κ3) is 4.39. The number of allylic oxidation sites excluding steroid dienone is 2. The van der Waals surface area contributed by atoms with Crippen LogP contribution in [0.4, 0.5) is 0 Å². The summed E-state index contributed by atoms with van der Waals surface area (Å²) < 4.78 is 11.0. The van der Waals surface area contributed by atoms with Gasteiger partial charge in [0.2, 0.25) is 0 Å². The van der Waals surface area contributed by atoms with Crippen molar-refractivity contribution in [3.8, 4) is 11.5 Å². The van der Waals surface area contributed by atoms with Crippen molar-refractivity contribution in [2.75, 3.05) is 14.2 Å². The highest BCUT2D eigenvalue weighted by Gasteiger charge is 2.49. The van der Waals surface area contributed by atoms with E-state index in [-0.39, 0.29) is 47.9 Å². The molecule has 2 aliphatic rings. The lowest BCUT2D eigenvalue weighted by Gasteiger charge is -2.39. The first-order chi connectivity index (χ1) is 14.4. The van der Waals surface area contributed by atoms with Gasteiger partial charge in [0.05, 0.1) is 20.1 Å². The molecule has 6 heteroatoms. The van der Waals surface area contributed by atoms with Crippen LogP contribution in [0.15, 0.2) is 29.5 Å². The number of methoxy groups -OCH3 is 2. The fraction of sp³-hybridized carbons (Fsp3) is 0.560. The van der Waals surface area contributed by atoms with E-state index in [1.807, 2.05) is 27.7 Å². The largest absolute Gasteiger partial charge is 0.512 e. The maximum absolute atomic E-state index is 13.3. The van der Waals surface area contributed by atoms with Gasteiger partial charge < -0.3 is 14.6 Å². The van der Waals surface area contributed by atoms with Gasteiger partial charge in [0.1, 0.15) is 17.3 Å². The van der Waals surface area contributed by atoms with Gasteiger partial charge in [-0.2, -0.15) is 0 Å². The van der Waals surface area contributed by atoms with E-state index in [9.17, 15) is 19.5 Å². The fourth-order valence-electron chi connectivity index (χ4n) is 5.09. The van der Waals surface area contributed by atoms with Crippen LogP contribution in [0.3, 0.4) is 0 Å². The van der Waals surface area contributed by atoms with E-state index in [2.05, 4.69) is 0 Å². The smallest absolute Gasteiger partial charge is 0.164 e. The summed E-state index contributed by atoms with van der Waals surface area (Å²) in [5.41, 5.74) is -0.168. The third-order valence-electron chi connectivity index (χ3n) is 6.31. The number of hydrogen-bond acceptors (Lipinski definition) is 6. The van der Waals surface area contributed by atoms with Crippen LogP contribution in [0.2, 0.25) is 0 Å². The van der Waals surface area contributed by atoms with Gasteiger partial charge in [0.25, 0.3) is 0 Å². The van der Waals surface area contributed by atoms with Crippen LogP contribution in [0.5, 0.6) is 11.5 Å². The first-order valence-corrected chi connectivity index (χ1v) is 10.6. The number of para-hydroxylation sites is 1. The Morgan fingerprint density at radius 1 is 0.903 bits per heavy atom. The van der Waals surface area contributed by atoms with Crippen molar-refractivity contribution in [3.05, 3.63) is 35.1 Å². The van der Waals surface area contributed by atoms with Gasteiger partial charge in [0.15, 0.2) is 17.3 Å². The standard InChI is InChI=1S/C25H32O6/c1-24(2)10-15(26)21(16(27)11-24)20(14-8-7-9-19(30-5)23(14)31-6)22-17(28)12-25(3,4)13-18(22)29/h7-9,20-21,28H,10-13H2,1-6H3. The molecule has 1 N–H and O–H groups in total. The Morgan fingerprint density at radius 2 is 1.48 bits per heavy atom. The quantitative estimate of drug-likeness (QED) is 0.692. The zero-order chi connectivity index (χ0) is 23.1. The van der Waals surface area contributed by atoms with Crippen LogP contribution in [-0.4, -0.2) is 36.7 Å². The molecule has 1 fully saturated rings. The second-order valence-electron chi connectivity index (χ2n) is 10.3. The molecule has 0 bridgehead atoms. The monoisotopic (exact) mass is 428 g/mol. The zero-order valence-corrected chi connectivity index (χ0v) is 19.2. The zero-order valence-electron chi connectivity index (χ0n) is 19.2. The summed E-state index contributed by atoms with van der Waals surface area (Å²) in [6.07, 6.45) is 1.01. The van der Waals surface area contributed by atoms with Crippen molar-refractivity contribution >= 4 is 17.3 Å². The van der Waals surface area contributed by atoms with Gasteiger partial charge >= 0.3 is 0 Å². The van der Waals surface area contributed by atoms with Gasteiger partial charge in [-0.1, -0.05) is 39.8 Å². The third-order valence-corrected chi connectivity index (χ3v) is 6.31. The number of ether oxygens (including phenoxy) is 2. The summed E-state index contributed by atoms with van der Waals surface area (Å²) in [4.78, 5) is 39.8. The average Bonchev–Trinajstić information content (AvgIpc) is 2.63. The SMILES string of the molecule is COc1cccc(C(C2=C(O)CC(C)(C)CC2=O)C2C(=O)CC(C)(C)CC2=O)c1OC. The Balaban J connectivity index is 2.26. The van der Waals surface area contributed by atoms with Crippen LogP contribution in [0.25, 0.3) is 0 Å². The van der Waals surface area contributed by atoms with Crippen LogP contribution in [0, 0.1) is 16.7 Å². The number of aliphatic hydroxyl groups excluding tert-OH is 1. The van der Waals surface area contributed by atoms with E-state index in [1.165, 1.54) is 14.2 Å². The summed E-state index contributed by atoms with van der Waals surface area (Å²) in [6.45, 7) is 7.62. The van der Waals surface area contributed by atoms with Crippen LogP contribution >= 0.6 is 0 Å². The molecule has 0 amide bonds. The van der Waals surface area contributed by atoms with Gasteiger partial charge in [-0.3, -0.25) is 14.4 Å². The van der Waals surface area contributed by atoms with Crippen LogP contribution in [0.1, 0.15) is 64.9 Å². The molecule has 1 aromatic rings. The lowest BCUT2D eigenvalue weighted by molar-refractivity contribution is -0.140. The molecule has 0 spiro atoms. The van der Waals surface area contributed by atoms with Crippen molar-refractivity contribution in [1.82, 2.24) is 0 Å². The summed E-state index contributed by atoms with van der Waals surface area (Å²) >= 11 is 0. The number of carbonyl (C=O) groups is 3. The lowest BCUT2D eigenvalue weighted by Crippen LogP contribution is -2.43. The predicted octanol–water partition coefficient (Wildman–Crippen LogP) is 4.56. The van der Waals surface area contributed by atoms with Crippen molar-refractivity contribution in [2.24, 2.45) is 16.7 Å². The van der Waals surface area contributed by atoms with Crippen LogP contribution < -0.4 is 9.47 Å². The predicted molar refractivity (Wildman–Crippen MR) is 116 cm³/mol. The maximum Gasteiger partial charge on any atom is 0.164 e. The first kappa shape index (κ1) is 23.0. The number of benzene rings is 1. The average molecular weight is 429 g/mol. The minimum atomic E-state index is -1.05. The molecular formula is C25H32O6. The molecule has 2 aliphatic carbocycles. The molecule has 0 aromatic heterocycles. The molecule has 6 nitrogen and oxygen atoms in total. The van der Waals surface area contributed by atoms with Gasteiger partial charge in [-0.05, 0) is 16.9 Å². The highest BCUT2D eigenvalue weighted by atomic mass is 16.5. The normalized spacial score (nSPS) is 22.5. The topological polar surface area (TPSA) is 89.9 Å². The second kappa shape index (κ2) is 8.13. The minimum Gasteiger partial charge on any atom is -0.512 e. The number of hydrogen-bond donors (Lipinski definition) is 1. The highest BCUT2D eigenvalue weighted by molar-refractivity contribution is 6.09. The van der Waals surface area contributed by atoms with E-state index >= 15 is 0 Å². The molecule has 0 radical (unpaired) electrons. The first-order valence-electron chi connectivity index (χ1n) is 10.6. The van der Waals surface area contributed by atoms with Gasteiger partial charge in [-0.25, -0.2) is 0 Å². The summed E-state index contributed by atoms with van der Waals surface area (Å²) in [6, 6.07) is 5.19. The molecule has 1 saturated carbocycles. The highest BCUT2D eigenvalue weighted by Crippen LogP contribution is 2.50. The van der Waals surface area contributed by atoms with E-state index in [0.717, 1.165) is 0 Å². The second-order valence-corrected chi connectivity index (χ2v) is 10.3. The maximum atomic E-state index is 13.3. The van der Waals surface area contributed by atoms with Crippen LogP contribution in [-0.2, 0) is 14.4 Å². The number of carbonyl (C=O) groups excluding carboxylic acids is 3. The number of Topliss-reactive ketones (excluding diaryl/α,β-unsaturated/α-hetero) is 3. The molecule has 1 unspecified atom stereocenters. The van der Waals surface area contributed by atoms with E-state index in [1.54, 1.807) is 18.2 Å². The Morgan fingerprint density at radius 3 is 2.00 bits per heavy atom. The van der Waals surface area contributed by atoms with E-state index in [4.69, 9.17) is 9.47 Å². The van der Waals surface area contributed by atoms with Crippen molar-refractivity contribution in [3.63, 3.8) is 0 Å². The molecule has 1 atom stereocenters. The molecule has 0 heterocycles. The molecule has 0 aliphatic heterocycles. The summed E-state index contributed by atoms with van der Waals surface area (Å²) in [5.74, 6) is -1.89. The Labute approximate surface area is 183 Å². The molecule has 3 rings (SSSR count). The van der Waals surface area contributed by atoms with E-state index < -0.39 is 22.7 Å². The molecular weight excluding hydrogens is 396 g/mol. The Kier molecular flexibility index (Phi) is 6.05. The van der Waals surface area contributed by atoms with Crippen molar-refractivity contribution in [1.29, 1.82) is 0 Å². The minimum absolute atomic E-state index is 0.0541. The number of aliphatic hydroxyl groups is 1. The number of ketones is 3. The summed E-state index contributed by atoms with van der Waals surface area (Å²) in [5, 5.41) is 11.0. The van der Waals surface area contributed by atoms with Gasteiger partial charge in [0, 0.05) is 42.7 Å².